The van der Waals surface area contributed by atoms with E-state index in [4.69, 9.17) is 0 Å². The summed E-state index contributed by atoms with van der Waals surface area (Å²) in [6, 6.07) is 65.6. The summed E-state index contributed by atoms with van der Waals surface area (Å²) in [5.41, 5.74) is 0. The maximum atomic E-state index is 2.29. The molecule has 0 bridgehead atoms. The van der Waals surface area contributed by atoms with Crippen LogP contribution in [0.15, 0.2) is 182 Å². The molecule has 0 atom stereocenters. The monoisotopic (exact) mass is 788 g/mol. The van der Waals surface area contributed by atoms with Crippen LogP contribution in [0.4, 0.5) is 0 Å². The Morgan fingerprint density at radius 1 is 0.302 bits per heavy atom. The van der Waals surface area contributed by atoms with Crippen LogP contribution in [0.25, 0.3) is 0 Å². The molecule has 0 aliphatic carbocycles. The van der Waals surface area contributed by atoms with Gasteiger partial charge in [-0.15, -0.1) is 0 Å². The zero-order valence-corrected chi connectivity index (χ0v) is 32.3. The molecule has 0 nitrogen and oxygen atoms in total. The van der Waals surface area contributed by atoms with E-state index in [1.165, 1.54) is 35.2 Å². The molecule has 0 aliphatic rings. The van der Waals surface area contributed by atoms with Crippen molar-refractivity contribution in [3.8, 4) is 0 Å². The van der Waals surface area contributed by atoms with Gasteiger partial charge in [-0.25, -0.2) is 0 Å². The standard InChI is InChI=1S/2C18H15Ge.2C2H5.Sn/c2*1-4-10-16(11-5-1)19(17-12-6-2-7-13-17)18-14-8-3-9-15-18;2*1-2;/h2*1-15H;2*1H2,2H3;. The van der Waals surface area contributed by atoms with Crippen molar-refractivity contribution in [3.63, 3.8) is 0 Å². The van der Waals surface area contributed by atoms with Crippen LogP contribution in [-0.2, 0) is 0 Å². The van der Waals surface area contributed by atoms with Gasteiger partial charge >= 0.3 is 281 Å². The summed E-state index contributed by atoms with van der Waals surface area (Å²) in [4.78, 5) is 0. The fourth-order valence-electron chi connectivity index (χ4n) is 4.88. The van der Waals surface area contributed by atoms with Crippen LogP contribution in [0, 0.1) is 0 Å². The predicted octanol–water partition coefficient (Wildman–Crippen LogP) is 5.97. The van der Waals surface area contributed by atoms with Gasteiger partial charge in [0.1, 0.15) is 0 Å². The van der Waals surface area contributed by atoms with Gasteiger partial charge in [0.25, 0.3) is 0 Å². The van der Waals surface area contributed by atoms with Crippen molar-refractivity contribution >= 4 is 76.2 Å². The first kappa shape index (κ1) is 33.1. The fraction of sp³-hybridized carbons (Fsp3) is 0.100. The minimum absolute atomic E-state index is 0.218. The second-order valence-electron chi connectivity index (χ2n) is 9.90. The quantitative estimate of drug-likeness (QED) is 0.167. The number of rotatable bonds is 8. The molecule has 0 aromatic heterocycles. The van der Waals surface area contributed by atoms with E-state index >= 15 is 0 Å². The summed E-state index contributed by atoms with van der Waals surface area (Å²) in [6.45, 7) is 4.57. The second-order valence-corrected chi connectivity index (χ2v) is 25.8. The number of hydrogen-bond acceptors (Lipinski definition) is 0. The van der Waals surface area contributed by atoms with Crippen LogP contribution in [0.1, 0.15) is 13.8 Å². The van der Waals surface area contributed by atoms with Crippen molar-refractivity contribution in [3.05, 3.63) is 182 Å². The zero-order valence-electron chi connectivity index (χ0n) is 25.2. The summed E-state index contributed by atoms with van der Waals surface area (Å²) < 4.78 is 12.0. The molecule has 0 aliphatic heterocycles. The molecule has 0 saturated heterocycles. The minimum atomic E-state index is -1.63. The van der Waals surface area contributed by atoms with Crippen LogP contribution in [0.5, 0.6) is 0 Å². The van der Waals surface area contributed by atoms with E-state index < -0.39 is 28.7 Å². The van der Waals surface area contributed by atoms with Gasteiger partial charge in [-0.05, 0) is 0 Å². The molecule has 0 heterocycles. The van der Waals surface area contributed by atoms with Gasteiger partial charge in [0.2, 0.25) is 0 Å². The maximum absolute atomic E-state index is 2.29. The molecule has 0 amide bonds. The summed E-state index contributed by atoms with van der Waals surface area (Å²) in [5, 5.41) is 0. The number of benzene rings is 6. The fourth-order valence-corrected chi connectivity index (χ4v) is 17.1. The summed E-state index contributed by atoms with van der Waals surface area (Å²) in [5.74, 6) is 0. The van der Waals surface area contributed by atoms with E-state index in [9.17, 15) is 0 Å². The van der Waals surface area contributed by atoms with Crippen molar-refractivity contribution in [2.45, 2.75) is 22.7 Å². The second kappa shape index (κ2) is 19.5. The average molecular weight is 785 g/mol. The Hall–Kier alpha value is -2.80. The molecule has 212 valence electrons. The summed E-state index contributed by atoms with van der Waals surface area (Å²) in [6.07, 6.45) is 0. The third-order valence-electron chi connectivity index (χ3n) is 6.87. The predicted molar refractivity (Wildman–Crippen MR) is 195 cm³/mol. The molecule has 4 radical (unpaired) electrons. The van der Waals surface area contributed by atoms with E-state index in [-0.39, 0.29) is 21.1 Å². The van der Waals surface area contributed by atoms with Gasteiger partial charge in [0, 0.05) is 0 Å². The van der Waals surface area contributed by atoms with Crippen LogP contribution in [0.2, 0.25) is 8.87 Å². The molecule has 0 saturated carbocycles. The van der Waals surface area contributed by atoms with Crippen LogP contribution in [-0.4, -0.2) is 49.8 Å². The van der Waals surface area contributed by atoms with E-state index in [1.54, 1.807) is 0 Å². The van der Waals surface area contributed by atoms with Gasteiger partial charge in [-0.2, -0.15) is 0 Å². The van der Waals surface area contributed by atoms with Crippen LogP contribution in [0.3, 0.4) is 0 Å². The molecule has 0 fully saturated rings. The van der Waals surface area contributed by atoms with Crippen molar-refractivity contribution in [2.75, 3.05) is 0 Å². The van der Waals surface area contributed by atoms with Gasteiger partial charge in [-0.3, -0.25) is 0 Å². The van der Waals surface area contributed by atoms with Gasteiger partial charge in [0.05, 0.1) is 0 Å². The normalized spacial score (nSPS) is 10.3. The zero-order chi connectivity index (χ0) is 30.0. The van der Waals surface area contributed by atoms with E-state index in [0.717, 1.165) is 0 Å². The van der Waals surface area contributed by atoms with Crippen molar-refractivity contribution in [1.82, 2.24) is 0 Å². The van der Waals surface area contributed by atoms with Gasteiger partial charge in [0.15, 0.2) is 0 Å². The van der Waals surface area contributed by atoms with Crippen molar-refractivity contribution < 1.29 is 0 Å². The Balaban J connectivity index is 0.000000171. The number of hydrogen-bond donors (Lipinski definition) is 0. The Morgan fingerprint density at radius 3 is 0.581 bits per heavy atom. The summed E-state index contributed by atoms with van der Waals surface area (Å²) in [7, 11) is 0. The molecule has 0 N–H and O–H groups in total. The third-order valence-corrected chi connectivity index (χ3v) is 21.2. The molecule has 6 rings (SSSR count). The molecule has 0 spiro atoms. The van der Waals surface area contributed by atoms with E-state index in [0.29, 0.717) is 0 Å². The Morgan fingerprint density at radius 2 is 0.465 bits per heavy atom. The first-order valence-electron chi connectivity index (χ1n) is 15.1. The van der Waals surface area contributed by atoms with Crippen LogP contribution < -0.4 is 26.4 Å². The molecule has 6 aromatic rings. The van der Waals surface area contributed by atoms with Crippen LogP contribution >= 0.6 is 0 Å². The van der Waals surface area contributed by atoms with Crippen molar-refractivity contribution in [1.29, 1.82) is 0 Å². The van der Waals surface area contributed by atoms with Gasteiger partial charge in [-0.1, -0.05) is 0 Å². The molecule has 0 unspecified atom stereocenters. The third kappa shape index (κ3) is 10.7. The summed E-state index contributed by atoms with van der Waals surface area (Å²) >= 11 is -3.05. The molecule has 43 heavy (non-hydrogen) atoms. The van der Waals surface area contributed by atoms with Gasteiger partial charge < -0.3 is 0 Å². The molecular weight excluding hydrogens is 744 g/mol. The van der Waals surface area contributed by atoms with E-state index in [2.05, 4.69) is 196 Å². The Bertz CT molecular complexity index is 1220. The van der Waals surface area contributed by atoms with E-state index in [1.807, 2.05) is 0 Å². The van der Waals surface area contributed by atoms with Crippen molar-refractivity contribution in [2.24, 2.45) is 0 Å². The molecule has 3 heteroatoms. The SMILES string of the molecule is C[CH2][Sn][CH2]C.c1cc[c]([Ge]([c]2ccccc2)[c]2ccccc2)cc1.c1cc[c]([Ge]([c]2ccccc2)[c]2ccccc2)cc1. The topological polar surface area (TPSA) is 0 Å². The first-order chi connectivity index (χ1) is 21.3. The Kier molecular flexibility index (Phi) is 15.0. The average Bonchev–Trinajstić information content (AvgIpc) is 3.09. The molecular formula is C40H40Ge2Sn. The molecule has 6 aromatic carbocycles. The first-order valence-corrected chi connectivity index (χ1v) is 25.4. The Labute approximate surface area is 278 Å².